The van der Waals surface area contributed by atoms with Crippen molar-refractivity contribution in [2.24, 2.45) is 0 Å². The SMILES string of the molecule is C[C@@H](NC(=O)c1c(N)nn2cccnc12)c1nc2cccc(C#Cc3c[nH]c4ccccc34)c2c(=O)n1-c1ccccc1. The van der Waals surface area contributed by atoms with Crippen LogP contribution in [0.3, 0.4) is 0 Å². The normalized spacial score (nSPS) is 11.8. The number of aromatic amines is 1. The maximum absolute atomic E-state index is 14.3. The summed E-state index contributed by atoms with van der Waals surface area (Å²) in [6.45, 7) is 1.76. The van der Waals surface area contributed by atoms with Gasteiger partial charge in [0.2, 0.25) is 0 Å². The monoisotopic (exact) mass is 564 g/mol. The van der Waals surface area contributed by atoms with E-state index < -0.39 is 11.9 Å². The molecule has 7 aromatic rings. The van der Waals surface area contributed by atoms with Crippen LogP contribution in [0.15, 0.2) is 102 Å². The number of carbonyl (C=O) groups is 1. The Morgan fingerprint density at radius 3 is 2.63 bits per heavy atom. The molecule has 0 bridgehead atoms. The number of benzene rings is 3. The van der Waals surface area contributed by atoms with Gasteiger partial charge < -0.3 is 16.0 Å². The van der Waals surface area contributed by atoms with Gasteiger partial charge in [-0.05, 0) is 43.3 Å². The summed E-state index contributed by atoms with van der Waals surface area (Å²) >= 11 is 0. The van der Waals surface area contributed by atoms with Gasteiger partial charge in [-0.3, -0.25) is 14.2 Å². The zero-order valence-electron chi connectivity index (χ0n) is 22.9. The van der Waals surface area contributed by atoms with Crippen molar-refractivity contribution in [1.29, 1.82) is 0 Å². The molecule has 10 heteroatoms. The molecule has 3 aromatic carbocycles. The molecule has 208 valence electrons. The van der Waals surface area contributed by atoms with E-state index in [1.165, 1.54) is 9.08 Å². The number of fused-ring (bicyclic) bond motifs is 3. The Hall–Kier alpha value is -6.21. The highest BCUT2D eigenvalue weighted by atomic mass is 16.2. The van der Waals surface area contributed by atoms with Gasteiger partial charge in [-0.1, -0.05) is 54.3 Å². The summed E-state index contributed by atoms with van der Waals surface area (Å²) in [5.41, 5.74) is 9.71. The highest BCUT2D eigenvalue weighted by Gasteiger charge is 2.24. The van der Waals surface area contributed by atoms with Crippen molar-refractivity contribution in [2.75, 3.05) is 5.73 Å². The van der Waals surface area contributed by atoms with E-state index in [-0.39, 0.29) is 16.9 Å². The lowest BCUT2D eigenvalue weighted by Gasteiger charge is -2.20. The smallest absolute Gasteiger partial charge is 0.267 e. The molecule has 0 unspecified atom stereocenters. The van der Waals surface area contributed by atoms with Gasteiger partial charge in [-0.15, -0.1) is 5.10 Å². The maximum atomic E-state index is 14.3. The number of rotatable bonds is 4. The van der Waals surface area contributed by atoms with Gasteiger partial charge >= 0.3 is 0 Å². The van der Waals surface area contributed by atoms with E-state index in [1.807, 2.05) is 72.9 Å². The minimum absolute atomic E-state index is 0.0498. The van der Waals surface area contributed by atoms with Gasteiger partial charge in [0.25, 0.3) is 11.5 Å². The van der Waals surface area contributed by atoms with Crippen molar-refractivity contribution in [2.45, 2.75) is 13.0 Å². The second-order valence-corrected chi connectivity index (χ2v) is 9.99. The van der Waals surface area contributed by atoms with Crippen LogP contribution in [0.25, 0.3) is 33.1 Å². The first kappa shape index (κ1) is 25.7. The fourth-order valence-electron chi connectivity index (χ4n) is 5.23. The fraction of sp³-hybridized carbons (Fsp3) is 0.0606. The van der Waals surface area contributed by atoms with Crippen LogP contribution >= 0.6 is 0 Å². The second-order valence-electron chi connectivity index (χ2n) is 9.99. The number of nitrogens with two attached hydrogens (primary N) is 1. The van der Waals surface area contributed by atoms with Crippen molar-refractivity contribution in [3.8, 4) is 17.5 Å². The standard InChI is InChI=1S/C33H24N8O2/c1-20(37-32(42)28-29(34)39-40-18-8-17-35-31(28)40)30-38-26-14-7-9-21(15-16-22-19-36-25-13-6-5-12-24(22)25)27(26)33(43)41(30)23-10-3-2-4-11-23/h2-14,17-20,36H,1H3,(H2,34,39)(H,37,42)/t20-/m1/s1. The Morgan fingerprint density at radius 2 is 1.77 bits per heavy atom. The molecule has 7 rings (SSSR count). The quantitative estimate of drug-likeness (QED) is 0.272. The topological polar surface area (TPSA) is 136 Å². The molecule has 4 N–H and O–H groups in total. The Kier molecular flexibility index (Phi) is 6.18. The molecule has 0 aliphatic rings. The van der Waals surface area contributed by atoms with E-state index >= 15 is 0 Å². The lowest BCUT2D eigenvalue weighted by Crippen LogP contribution is -2.33. The predicted molar refractivity (Wildman–Crippen MR) is 165 cm³/mol. The highest BCUT2D eigenvalue weighted by Crippen LogP contribution is 2.23. The number of carbonyl (C=O) groups excluding carboxylic acids is 1. The molecule has 1 amide bonds. The van der Waals surface area contributed by atoms with Gasteiger partial charge in [0.15, 0.2) is 11.5 Å². The van der Waals surface area contributed by atoms with E-state index in [2.05, 4.69) is 32.2 Å². The lowest BCUT2D eigenvalue weighted by atomic mass is 10.1. The molecule has 43 heavy (non-hydrogen) atoms. The molecule has 0 spiro atoms. The number of para-hydroxylation sites is 2. The third-order valence-corrected chi connectivity index (χ3v) is 7.24. The van der Waals surface area contributed by atoms with Crippen LogP contribution in [0.1, 0.15) is 40.3 Å². The lowest BCUT2D eigenvalue weighted by molar-refractivity contribution is 0.0940. The first-order chi connectivity index (χ1) is 21.0. The Morgan fingerprint density at radius 1 is 0.977 bits per heavy atom. The Labute approximate surface area is 244 Å². The summed E-state index contributed by atoms with van der Waals surface area (Å²) in [7, 11) is 0. The Balaban J connectivity index is 1.35. The van der Waals surface area contributed by atoms with E-state index in [0.717, 1.165) is 16.5 Å². The molecular weight excluding hydrogens is 540 g/mol. The van der Waals surface area contributed by atoms with E-state index in [1.54, 1.807) is 31.5 Å². The van der Waals surface area contributed by atoms with Crippen LogP contribution in [-0.2, 0) is 0 Å². The van der Waals surface area contributed by atoms with Crippen LogP contribution in [0.5, 0.6) is 0 Å². The van der Waals surface area contributed by atoms with Crippen molar-refractivity contribution < 1.29 is 4.79 Å². The van der Waals surface area contributed by atoms with Crippen molar-refractivity contribution in [3.05, 3.63) is 130 Å². The van der Waals surface area contributed by atoms with E-state index in [9.17, 15) is 9.59 Å². The highest BCUT2D eigenvalue weighted by molar-refractivity contribution is 6.04. The van der Waals surface area contributed by atoms with Crippen LogP contribution in [0, 0.1) is 11.8 Å². The number of hydrogen-bond donors (Lipinski definition) is 3. The molecule has 0 aliphatic heterocycles. The van der Waals surface area contributed by atoms with Crippen LogP contribution in [0.4, 0.5) is 5.82 Å². The van der Waals surface area contributed by atoms with Gasteiger partial charge in [0, 0.05) is 35.1 Å². The molecule has 4 heterocycles. The molecule has 0 radical (unpaired) electrons. The molecule has 0 saturated carbocycles. The summed E-state index contributed by atoms with van der Waals surface area (Å²) in [4.78, 5) is 40.1. The number of nitrogens with zero attached hydrogens (tertiary/aromatic N) is 5. The largest absolute Gasteiger partial charge is 0.381 e. The average molecular weight is 565 g/mol. The van der Waals surface area contributed by atoms with E-state index in [0.29, 0.717) is 33.6 Å². The van der Waals surface area contributed by atoms with Crippen LogP contribution in [-0.4, -0.2) is 35.0 Å². The average Bonchev–Trinajstić information content (AvgIpc) is 3.60. The molecular formula is C33H24N8O2. The number of amides is 1. The number of anilines is 1. The third-order valence-electron chi connectivity index (χ3n) is 7.24. The number of hydrogen-bond acceptors (Lipinski definition) is 6. The molecule has 4 aromatic heterocycles. The van der Waals surface area contributed by atoms with Gasteiger partial charge in [0.1, 0.15) is 11.4 Å². The predicted octanol–water partition coefficient (Wildman–Crippen LogP) is 4.38. The summed E-state index contributed by atoms with van der Waals surface area (Å²) in [6, 6.07) is 23.5. The third kappa shape index (κ3) is 4.45. The van der Waals surface area contributed by atoms with Crippen molar-refractivity contribution in [1.82, 2.24) is 34.4 Å². The van der Waals surface area contributed by atoms with Crippen molar-refractivity contribution >= 4 is 39.2 Å². The molecule has 0 aliphatic carbocycles. The van der Waals surface area contributed by atoms with Gasteiger partial charge in [-0.25, -0.2) is 14.5 Å². The minimum Gasteiger partial charge on any atom is -0.381 e. The summed E-state index contributed by atoms with van der Waals surface area (Å²) in [5, 5.41) is 8.51. The molecule has 10 nitrogen and oxygen atoms in total. The van der Waals surface area contributed by atoms with Crippen molar-refractivity contribution in [3.63, 3.8) is 0 Å². The molecule has 1 atom stereocenters. The Bertz CT molecular complexity index is 2300. The number of nitrogen functional groups attached to an aromatic ring is 1. The summed E-state index contributed by atoms with van der Waals surface area (Å²) < 4.78 is 2.96. The summed E-state index contributed by atoms with van der Waals surface area (Å²) in [6.07, 6.45) is 5.08. The first-order valence-corrected chi connectivity index (χ1v) is 13.6. The molecule has 0 fully saturated rings. The maximum Gasteiger partial charge on any atom is 0.267 e. The zero-order valence-corrected chi connectivity index (χ0v) is 22.9. The van der Waals surface area contributed by atoms with Gasteiger partial charge in [0.05, 0.1) is 28.2 Å². The first-order valence-electron chi connectivity index (χ1n) is 13.6. The zero-order chi connectivity index (χ0) is 29.5. The second kappa shape index (κ2) is 10.3. The van der Waals surface area contributed by atoms with Crippen LogP contribution < -0.4 is 16.6 Å². The number of nitrogens with one attached hydrogen (secondary N) is 2. The summed E-state index contributed by atoms with van der Waals surface area (Å²) in [5.74, 6) is 6.34. The van der Waals surface area contributed by atoms with Gasteiger partial charge in [-0.2, -0.15) is 0 Å². The molecule has 0 saturated heterocycles. The number of H-pyrrole nitrogens is 1. The minimum atomic E-state index is -0.691. The fourth-order valence-corrected chi connectivity index (χ4v) is 5.23. The van der Waals surface area contributed by atoms with Crippen LogP contribution in [0.2, 0.25) is 0 Å². The van der Waals surface area contributed by atoms with E-state index in [4.69, 9.17) is 10.7 Å². The number of aromatic nitrogens is 6.